The van der Waals surface area contributed by atoms with Crippen LogP contribution < -0.4 is 48.7 Å². The first-order valence-corrected chi connectivity index (χ1v) is 34.8. The number of hydrogen-bond acceptors (Lipinski definition) is 15. The Kier molecular flexibility index (Phi) is 24.9. The van der Waals surface area contributed by atoms with Crippen molar-refractivity contribution >= 4 is 104 Å². The van der Waals surface area contributed by atoms with E-state index >= 15 is 18.8 Å². The zero-order valence-electron chi connectivity index (χ0n) is 54.2. The summed E-state index contributed by atoms with van der Waals surface area (Å²) in [6.07, 6.45) is 2.19. The Labute approximate surface area is 571 Å². The van der Waals surface area contributed by atoms with E-state index in [9.17, 15) is 52.6 Å². The minimum atomic E-state index is -1.79. The van der Waals surface area contributed by atoms with Crippen LogP contribution in [0.15, 0.2) is 91.3 Å². The summed E-state index contributed by atoms with van der Waals surface area (Å²) in [6, 6.07) is 7.88. The van der Waals surface area contributed by atoms with E-state index in [-0.39, 0.29) is 93.2 Å². The molecule has 25 nitrogen and oxygen atoms in total. The third-order valence-electron chi connectivity index (χ3n) is 17.8. The zero-order chi connectivity index (χ0) is 70.4. The van der Waals surface area contributed by atoms with Gasteiger partial charge in [-0.15, -0.1) is 0 Å². The summed E-state index contributed by atoms with van der Waals surface area (Å²) in [5.41, 5.74) is 13.2. The molecule has 3 aliphatic rings. The summed E-state index contributed by atoms with van der Waals surface area (Å²) in [5, 5.41) is 40.9. The second-order valence-electron chi connectivity index (χ2n) is 25.1. The number of phenolic OH excluding ortho intramolecular Hbond substituents is 1. The molecule has 5 heterocycles. The topological polar surface area (TPSA) is 385 Å². The number of aliphatic hydroxyl groups excluding tert-OH is 1. The predicted octanol–water partition coefficient (Wildman–Crippen LogP) is 2.76. The molecule has 0 spiro atoms. The summed E-state index contributed by atoms with van der Waals surface area (Å²) in [6.45, 7) is 2.25. The van der Waals surface area contributed by atoms with Crippen LogP contribution in [0.4, 0.5) is 13.2 Å². The van der Waals surface area contributed by atoms with Crippen LogP contribution in [-0.2, 0) is 78.7 Å². The van der Waals surface area contributed by atoms with Crippen LogP contribution >= 0.6 is 23.5 Å². The lowest BCUT2D eigenvalue weighted by molar-refractivity contribution is -0.147. The lowest BCUT2D eigenvalue weighted by Gasteiger charge is -2.37. The number of rotatable bonds is 12. The van der Waals surface area contributed by atoms with Gasteiger partial charge in [0.1, 0.15) is 71.0 Å². The van der Waals surface area contributed by atoms with Gasteiger partial charge in [-0.25, -0.2) is 13.2 Å². The molecule has 0 unspecified atom stereocenters. The minimum absolute atomic E-state index is 0.0174. The number of hydrogen-bond donors (Lipinski definition) is 13. The van der Waals surface area contributed by atoms with Crippen LogP contribution in [0.25, 0.3) is 21.8 Å². The summed E-state index contributed by atoms with van der Waals surface area (Å²) < 4.78 is 44.9. The predicted molar refractivity (Wildman–Crippen MR) is 362 cm³/mol. The monoisotopic (exact) mass is 1390 g/mol. The minimum Gasteiger partial charge on any atom is -0.508 e. The number of nitrogens with one attached hydrogen (secondary N) is 9. The molecule has 6 aromatic rings. The molecule has 2 saturated heterocycles. The van der Waals surface area contributed by atoms with Crippen molar-refractivity contribution in [3.63, 3.8) is 0 Å². The molecule has 2 bridgehead atoms. The Morgan fingerprint density at radius 2 is 1.29 bits per heavy atom. The second kappa shape index (κ2) is 33.4. The van der Waals surface area contributed by atoms with Crippen LogP contribution in [0.1, 0.15) is 93.0 Å². The molecule has 9 rings (SSSR count). The molecular weight excluding hydrogens is 1310 g/mol. The maximum atomic E-state index is 15.4. The molecule has 30 heteroatoms. The molecule has 98 heavy (non-hydrogen) atoms. The van der Waals surface area contributed by atoms with E-state index < -0.39 is 137 Å². The molecule has 2 fully saturated rings. The van der Waals surface area contributed by atoms with Gasteiger partial charge in [0.15, 0.2) is 0 Å². The first-order valence-electron chi connectivity index (χ1n) is 32.5. The highest BCUT2D eigenvalue weighted by Gasteiger charge is 2.49. The molecule has 3 aliphatic heterocycles. The Bertz CT molecular complexity index is 3930. The Balaban J connectivity index is 1.04. The van der Waals surface area contributed by atoms with Crippen LogP contribution in [-0.4, -0.2) is 181 Å². The maximum Gasteiger partial charge on any atom is 0.246 e. The Morgan fingerprint density at radius 1 is 0.663 bits per heavy atom. The maximum absolute atomic E-state index is 15.4. The first-order chi connectivity index (χ1) is 46.9. The molecular formula is C68H82F3N13O12S2. The number of carbonyl (C=O) groups excluding carboxylic acids is 10. The number of halogens is 3. The Hall–Kier alpha value is -9.13. The van der Waals surface area contributed by atoms with Crippen LogP contribution in [0, 0.1) is 17.5 Å². The summed E-state index contributed by atoms with van der Waals surface area (Å²) in [5.74, 6) is -9.44. The van der Waals surface area contributed by atoms with Crippen molar-refractivity contribution < 1.29 is 71.3 Å². The van der Waals surface area contributed by atoms with E-state index in [1.807, 2.05) is 0 Å². The number of aromatic hydroxyl groups is 1. The summed E-state index contributed by atoms with van der Waals surface area (Å²) in [4.78, 5) is 152. The number of nitrogens with two attached hydrogens (primary N) is 2. The molecule has 15 N–H and O–H groups in total. The molecule has 4 aromatic carbocycles. The molecule has 524 valence electrons. The zero-order valence-corrected chi connectivity index (χ0v) is 55.8. The van der Waals surface area contributed by atoms with Gasteiger partial charge < -0.3 is 78.7 Å². The van der Waals surface area contributed by atoms with E-state index in [2.05, 4.69) is 47.2 Å². The highest BCUT2D eigenvalue weighted by molar-refractivity contribution is 7.98. The fourth-order valence-electron chi connectivity index (χ4n) is 12.6. The molecule has 0 radical (unpaired) electrons. The van der Waals surface area contributed by atoms with Gasteiger partial charge >= 0.3 is 0 Å². The number of thioether (sulfide) groups is 2. The number of nitrogens with zero attached hydrogens (tertiary/aromatic N) is 2. The van der Waals surface area contributed by atoms with Gasteiger partial charge in [-0.1, -0.05) is 18.2 Å². The third kappa shape index (κ3) is 18.7. The fraction of sp³-hybridized carbons (Fsp3) is 0.441. The van der Waals surface area contributed by atoms with Gasteiger partial charge in [-0.05, 0) is 154 Å². The van der Waals surface area contributed by atoms with Crippen molar-refractivity contribution in [2.75, 3.05) is 37.7 Å². The number of unbranched alkanes of at least 4 members (excludes halogenated alkanes) is 1. The van der Waals surface area contributed by atoms with Crippen molar-refractivity contribution in [3.8, 4) is 5.75 Å². The average molecular weight is 1390 g/mol. The standard InChI is InChI=1S/C68H82F3N13O12S2/c1-37(85)59-64(93)80-53(26-38-9-13-46(86)14-10-38)66(95)84-21-6-18-68(84,2)67(96)81-55(60(73)89)36-98-35-40-23-39(24-45(71)25-40)34-97-22-17-57(87)77-51(7-3-4-19-72)61(90)76-33-58(88)78-52(27-41-31-74-49-15-11-43(69)29-47(41)49)62(91)79-54(65(94)83-20-5-8-56(83)63(92)82-59)28-42-32-75-50-16-12-44(70)30-48(42)50/h9-16,23-25,29-32,37,51-56,59,74-75,85-86H,3-8,17-22,26-28,33-36,72H2,1-2H3,(H2,73,89)(H,76,90)(H,77,87)(H,78,88)(H,79,91)(H,80,93)(H,81,96)(H,82,92)/t37-,51+,52+,53+,54+,55+,56+,59+,68+/m1/s1. The second-order valence-corrected chi connectivity index (χ2v) is 27.3. The van der Waals surface area contributed by atoms with Crippen LogP contribution in [0.5, 0.6) is 5.75 Å². The third-order valence-corrected chi connectivity index (χ3v) is 20.0. The number of primary amides is 1. The molecule has 0 aliphatic carbocycles. The number of fused-ring (bicyclic) bond motifs is 6. The molecule has 2 aromatic heterocycles. The highest BCUT2D eigenvalue weighted by Crippen LogP contribution is 2.32. The summed E-state index contributed by atoms with van der Waals surface area (Å²) in [7, 11) is 0. The van der Waals surface area contributed by atoms with Crippen molar-refractivity contribution in [1.82, 2.24) is 57.0 Å². The Morgan fingerprint density at radius 3 is 1.93 bits per heavy atom. The number of H-pyrrole nitrogens is 2. The van der Waals surface area contributed by atoms with E-state index in [0.29, 0.717) is 75.4 Å². The van der Waals surface area contributed by atoms with Crippen LogP contribution in [0.3, 0.4) is 0 Å². The van der Waals surface area contributed by atoms with E-state index in [4.69, 9.17) is 11.5 Å². The number of benzene rings is 4. The quantitative estimate of drug-likeness (QED) is 0.0784. The van der Waals surface area contributed by atoms with E-state index in [1.165, 1.54) is 132 Å². The molecule has 0 saturated carbocycles. The van der Waals surface area contributed by atoms with E-state index in [0.717, 1.165) is 0 Å². The van der Waals surface area contributed by atoms with Crippen molar-refractivity contribution in [1.29, 1.82) is 0 Å². The largest absolute Gasteiger partial charge is 0.508 e. The number of carbonyl (C=O) groups is 10. The lowest BCUT2D eigenvalue weighted by atomic mass is 9.95. The van der Waals surface area contributed by atoms with Crippen molar-refractivity contribution in [2.24, 2.45) is 11.5 Å². The fourth-order valence-corrected chi connectivity index (χ4v) is 14.5. The number of aromatic amines is 2. The average Bonchev–Trinajstić information content (AvgIpc) is 1.57. The lowest BCUT2D eigenvalue weighted by Crippen LogP contribution is -2.64. The number of amides is 10. The highest BCUT2D eigenvalue weighted by atomic mass is 32.2. The van der Waals surface area contributed by atoms with Crippen molar-refractivity contribution in [2.45, 2.75) is 150 Å². The van der Waals surface area contributed by atoms with Gasteiger partial charge in [0.2, 0.25) is 59.1 Å². The SMILES string of the molecule is C[C@@H](O)[C@@H]1NC(=O)[C@@H]2CCCN2C(=O)[C@H](Cc2c[nH]c3ccc(F)cc23)NC(=O)[C@H](Cc2c[nH]c3ccc(F)cc23)NC(=O)CNC(=O)[C@H](CCCCN)NC(=O)CCSCc2cc(F)cc(c2)CSC[C@@H](C(N)=O)NC(=O)[C@]2(C)CCCN2C(=O)[C@H](Cc2ccc(O)cc2)NC1=O. The van der Waals surface area contributed by atoms with Gasteiger partial charge in [0, 0.05) is 96.0 Å². The van der Waals surface area contributed by atoms with Crippen molar-refractivity contribution in [3.05, 3.63) is 137 Å². The smallest absolute Gasteiger partial charge is 0.246 e. The number of phenols is 1. The number of aliphatic hydroxyl groups is 1. The molecule has 9 atom stereocenters. The van der Waals surface area contributed by atoms with Gasteiger partial charge in [0.05, 0.1) is 12.6 Å². The van der Waals surface area contributed by atoms with Gasteiger partial charge in [-0.3, -0.25) is 47.9 Å². The van der Waals surface area contributed by atoms with Crippen LogP contribution in [0.2, 0.25) is 0 Å². The summed E-state index contributed by atoms with van der Waals surface area (Å²) >= 11 is 2.51. The number of aromatic nitrogens is 2. The van der Waals surface area contributed by atoms with E-state index in [1.54, 1.807) is 6.07 Å². The molecule has 10 amide bonds. The first kappa shape index (κ1) is 73.1. The normalized spacial score (nSPS) is 24.1. The van der Waals surface area contributed by atoms with Gasteiger partial charge in [0.25, 0.3) is 0 Å². The van der Waals surface area contributed by atoms with Gasteiger partial charge in [-0.2, -0.15) is 23.5 Å².